The fourth-order valence-corrected chi connectivity index (χ4v) is 3.93. The second-order valence-electron chi connectivity index (χ2n) is 6.96. The van der Waals surface area contributed by atoms with Crippen LogP contribution in [0.25, 0.3) is 0 Å². The summed E-state index contributed by atoms with van der Waals surface area (Å²) in [5, 5.41) is 0. The van der Waals surface area contributed by atoms with Crippen molar-refractivity contribution in [2.45, 2.75) is 64.8 Å². The number of nitrogens with two attached hydrogens (primary N) is 1. The maximum Gasteiger partial charge on any atom is 0.0334 e. The van der Waals surface area contributed by atoms with Crippen molar-refractivity contribution in [3.63, 3.8) is 0 Å². The summed E-state index contributed by atoms with van der Waals surface area (Å²) in [6.45, 7) is 10.5. The molecule has 0 aromatic carbocycles. The Kier molecular flexibility index (Phi) is 4.71. The average molecular weight is 252 g/mol. The van der Waals surface area contributed by atoms with Crippen molar-refractivity contribution in [2.24, 2.45) is 23.5 Å². The molecule has 2 fully saturated rings. The van der Waals surface area contributed by atoms with E-state index in [-0.39, 0.29) is 0 Å². The number of likely N-dealkylation sites (N-methyl/N-ethyl adjacent to an activating group) is 1. The predicted molar refractivity (Wildman–Crippen MR) is 78.6 cm³/mol. The van der Waals surface area contributed by atoms with Gasteiger partial charge in [0.05, 0.1) is 0 Å². The summed E-state index contributed by atoms with van der Waals surface area (Å²) >= 11 is 0. The van der Waals surface area contributed by atoms with Crippen LogP contribution in [-0.4, -0.2) is 30.1 Å². The first kappa shape index (κ1) is 14.3. The molecule has 0 spiro atoms. The van der Waals surface area contributed by atoms with Crippen molar-refractivity contribution in [1.82, 2.24) is 4.90 Å². The molecule has 0 aliphatic heterocycles. The summed E-state index contributed by atoms with van der Waals surface area (Å²) in [5.41, 5.74) is 6.53. The maximum atomic E-state index is 6.22. The van der Waals surface area contributed by atoms with Gasteiger partial charge < -0.3 is 5.73 Å². The van der Waals surface area contributed by atoms with Gasteiger partial charge in [-0.3, -0.25) is 4.90 Å². The third kappa shape index (κ3) is 2.75. The minimum absolute atomic E-state index is 0.316. The van der Waals surface area contributed by atoms with Gasteiger partial charge >= 0.3 is 0 Å². The molecule has 0 bridgehead atoms. The molecule has 0 aromatic rings. The summed E-state index contributed by atoms with van der Waals surface area (Å²) in [4.78, 5) is 2.74. The van der Waals surface area contributed by atoms with Crippen LogP contribution in [0.1, 0.15) is 59.3 Å². The molecule has 2 rings (SSSR count). The summed E-state index contributed by atoms with van der Waals surface area (Å²) in [6.07, 6.45) is 8.33. The van der Waals surface area contributed by atoms with Crippen LogP contribution >= 0.6 is 0 Å². The Hall–Kier alpha value is -0.0800. The molecule has 0 radical (unpaired) electrons. The van der Waals surface area contributed by atoms with Gasteiger partial charge in [-0.25, -0.2) is 0 Å². The molecule has 2 aliphatic carbocycles. The molecule has 2 nitrogen and oxygen atoms in total. The van der Waals surface area contributed by atoms with Gasteiger partial charge in [0.25, 0.3) is 0 Å². The Morgan fingerprint density at radius 2 is 1.89 bits per heavy atom. The van der Waals surface area contributed by atoms with E-state index in [9.17, 15) is 0 Å². The van der Waals surface area contributed by atoms with E-state index >= 15 is 0 Å². The third-order valence-corrected chi connectivity index (χ3v) is 5.87. The highest BCUT2D eigenvalue weighted by molar-refractivity contribution is 4.98. The first-order valence-corrected chi connectivity index (χ1v) is 8.06. The molecule has 2 N–H and O–H groups in total. The van der Waals surface area contributed by atoms with Crippen LogP contribution in [0.4, 0.5) is 0 Å². The zero-order valence-corrected chi connectivity index (χ0v) is 12.6. The summed E-state index contributed by atoms with van der Waals surface area (Å²) in [6, 6.07) is 0. The zero-order valence-electron chi connectivity index (χ0n) is 12.6. The van der Waals surface area contributed by atoms with E-state index in [0.717, 1.165) is 24.3 Å². The lowest BCUT2D eigenvalue weighted by Gasteiger charge is -2.51. The summed E-state index contributed by atoms with van der Waals surface area (Å²) < 4.78 is 0. The summed E-state index contributed by atoms with van der Waals surface area (Å²) in [7, 11) is 0. The SMILES string of the molecule is CCN(CC1CCC1)C1(CN)CCC(C)C(C)C1. The van der Waals surface area contributed by atoms with Gasteiger partial charge in [0, 0.05) is 18.6 Å². The molecule has 3 atom stereocenters. The van der Waals surface area contributed by atoms with Gasteiger partial charge in [-0.15, -0.1) is 0 Å². The number of hydrogen-bond donors (Lipinski definition) is 1. The summed E-state index contributed by atoms with van der Waals surface area (Å²) in [5.74, 6) is 2.67. The van der Waals surface area contributed by atoms with Gasteiger partial charge in [-0.2, -0.15) is 0 Å². The predicted octanol–water partition coefficient (Wildman–Crippen LogP) is 3.26. The molecule has 0 amide bonds. The Morgan fingerprint density at radius 1 is 1.17 bits per heavy atom. The Morgan fingerprint density at radius 3 is 2.33 bits per heavy atom. The number of rotatable bonds is 5. The van der Waals surface area contributed by atoms with Crippen LogP contribution in [0.15, 0.2) is 0 Å². The quantitative estimate of drug-likeness (QED) is 0.814. The van der Waals surface area contributed by atoms with Crippen LogP contribution in [0, 0.1) is 17.8 Å². The second-order valence-corrected chi connectivity index (χ2v) is 6.96. The molecule has 2 heteroatoms. The zero-order chi connectivity index (χ0) is 13.2. The van der Waals surface area contributed by atoms with E-state index in [1.807, 2.05) is 0 Å². The molecule has 18 heavy (non-hydrogen) atoms. The fraction of sp³-hybridized carbons (Fsp3) is 1.00. The number of nitrogens with zero attached hydrogens (tertiary/aromatic N) is 1. The van der Waals surface area contributed by atoms with Gasteiger partial charge in [-0.1, -0.05) is 27.2 Å². The first-order valence-electron chi connectivity index (χ1n) is 8.06. The molecule has 0 heterocycles. The van der Waals surface area contributed by atoms with E-state index in [1.165, 1.54) is 51.6 Å². The van der Waals surface area contributed by atoms with Gasteiger partial charge in [0.2, 0.25) is 0 Å². The minimum atomic E-state index is 0.316. The molecule has 3 unspecified atom stereocenters. The van der Waals surface area contributed by atoms with Crippen LogP contribution in [0.3, 0.4) is 0 Å². The van der Waals surface area contributed by atoms with E-state index in [2.05, 4.69) is 25.7 Å². The van der Waals surface area contributed by atoms with Gasteiger partial charge in [0.1, 0.15) is 0 Å². The van der Waals surface area contributed by atoms with E-state index in [0.29, 0.717) is 5.54 Å². The highest BCUT2D eigenvalue weighted by Gasteiger charge is 2.41. The average Bonchev–Trinajstić information content (AvgIpc) is 2.32. The lowest BCUT2D eigenvalue weighted by atomic mass is 9.69. The van der Waals surface area contributed by atoms with Crippen LogP contribution in [-0.2, 0) is 0 Å². The molecule has 2 saturated carbocycles. The van der Waals surface area contributed by atoms with Crippen molar-refractivity contribution in [1.29, 1.82) is 0 Å². The second kappa shape index (κ2) is 5.92. The van der Waals surface area contributed by atoms with Crippen LogP contribution in [0.2, 0.25) is 0 Å². The highest BCUT2D eigenvalue weighted by Crippen LogP contribution is 2.40. The van der Waals surface area contributed by atoms with Crippen molar-refractivity contribution >= 4 is 0 Å². The lowest BCUT2D eigenvalue weighted by Crippen LogP contribution is -2.58. The van der Waals surface area contributed by atoms with E-state index < -0.39 is 0 Å². The molecular formula is C16H32N2. The highest BCUT2D eigenvalue weighted by atomic mass is 15.2. The van der Waals surface area contributed by atoms with Crippen molar-refractivity contribution in [3.8, 4) is 0 Å². The third-order valence-electron chi connectivity index (χ3n) is 5.87. The molecule has 0 aromatic heterocycles. The van der Waals surface area contributed by atoms with Crippen molar-refractivity contribution in [2.75, 3.05) is 19.6 Å². The molecule has 106 valence electrons. The Balaban J connectivity index is 2.03. The topological polar surface area (TPSA) is 29.3 Å². The monoisotopic (exact) mass is 252 g/mol. The largest absolute Gasteiger partial charge is 0.329 e. The Labute approximate surface area is 113 Å². The maximum absolute atomic E-state index is 6.22. The molecule has 0 saturated heterocycles. The first-order chi connectivity index (χ1) is 8.61. The van der Waals surface area contributed by atoms with Crippen molar-refractivity contribution < 1.29 is 0 Å². The van der Waals surface area contributed by atoms with Gasteiger partial charge in [0.15, 0.2) is 0 Å². The van der Waals surface area contributed by atoms with Crippen molar-refractivity contribution in [3.05, 3.63) is 0 Å². The molecular weight excluding hydrogens is 220 g/mol. The lowest BCUT2D eigenvalue weighted by molar-refractivity contribution is 0.00543. The van der Waals surface area contributed by atoms with E-state index in [1.54, 1.807) is 0 Å². The smallest absolute Gasteiger partial charge is 0.0334 e. The van der Waals surface area contributed by atoms with Crippen LogP contribution < -0.4 is 5.73 Å². The Bertz CT molecular complexity index is 262. The van der Waals surface area contributed by atoms with E-state index in [4.69, 9.17) is 5.73 Å². The standard InChI is InChI=1S/C16H32N2/c1-4-18(11-15-6-5-7-15)16(12-17)9-8-13(2)14(3)10-16/h13-15H,4-12,17H2,1-3H3. The molecule has 2 aliphatic rings. The normalized spacial score (nSPS) is 37.8. The number of hydrogen-bond acceptors (Lipinski definition) is 2. The van der Waals surface area contributed by atoms with Crippen LogP contribution in [0.5, 0.6) is 0 Å². The van der Waals surface area contributed by atoms with Gasteiger partial charge in [-0.05, 0) is 56.4 Å². The fourth-order valence-electron chi connectivity index (χ4n) is 3.93. The minimum Gasteiger partial charge on any atom is -0.329 e.